The Morgan fingerprint density at radius 1 is 1.23 bits per heavy atom. The predicted molar refractivity (Wildman–Crippen MR) is 110 cm³/mol. The molecule has 8 nitrogen and oxygen atoms in total. The highest BCUT2D eigenvalue weighted by atomic mass is 16.5. The number of aliphatic imine (C=N–C) groups is 1. The van der Waals surface area contributed by atoms with Crippen molar-refractivity contribution in [3.8, 4) is 5.75 Å². The largest absolute Gasteiger partial charge is 0.508 e. The van der Waals surface area contributed by atoms with Crippen molar-refractivity contribution < 1.29 is 14.4 Å². The quantitative estimate of drug-likeness (QED) is 0.706. The summed E-state index contributed by atoms with van der Waals surface area (Å²) in [6.45, 7) is 7.12. The van der Waals surface area contributed by atoms with Crippen LogP contribution in [-0.4, -0.2) is 38.1 Å². The Kier molecular flexibility index (Phi) is 4.55. The summed E-state index contributed by atoms with van der Waals surface area (Å²) < 4.78 is 11.4. The Labute approximate surface area is 173 Å². The number of hydrogen-bond acceptors (Lipinski definition) is 8. The maximum Gasteiger partial charge on any atom is 0.246 e. The number of fused-ring (bicyclic) bond motifs is 1. The first-order valence-electron chi connectivity index (χ1n) is 9.76. The molecule has 1 unspecified atom stereocenters. The molecule has 1 fully saturated rings. The summed E-state index contributed by atoms with van der Waals surface area (Å²) in [5, 5.41) is 13.6. The van der Waals surface area contributed by atoms with Gasteiger partial charge < -0.3 is 19.3 Å². The second-order valence-corrected chi connectivity index (χ2v) is 7.56. The third kappa shape index (κ3) is 3.35. The zero-order chi connectivity index (χ0) is 20.7. The fourth-order valence-electron chi connectivity index (χ4n) is 3.88. The van der Waals surface area contributed by atoms with Crippen LogP contribution >= 0.6 is 0 Å². The second-order valence-electron chi connectivity index (χ2n) is 7.56. The molecule has 2 atom stereocenters. The summed E-state index contributed by atoms with van der Waals surface area (Å²) in [6, 6.07) is 7.09. The van der Waals surface area contributed by atoms with Crippen molar-refractivity contribution in [3.05, 3.63) is 71.6 Å². The van der Waals surface area contributed by atoms with Gasteiger partial charge in [-0.1, -0.05) is 23.9 Å². The number of hydrogen-bond donors (Lipinski definition) is 1. The SMILES string of the molecule is C=C1c2c(C)cncc2N=CN1Cc1nc(C2CO[C@@H](c3ccc(O)cc3)C2)no1. The minimum Gasteiger partial charge on any atom is -0.508 e. The molecule has 0 spiro atoms. The molecule has 4 heterocycles. The fraction of sp³-hybridized carbons (Fsp3) is 0.273. The van der Waals surface area contributed by atoms with Gasteiger partial charge in [-0.15, -0.1) is 0 Å². The molecule has 0 bridgehead atoms. The van der Waals surface area contributed by atoms with E-state index in [4.69, 9.17) is 9.26 Å². The van der Waals surface area contributed by atoms with Crippen LogP contribution in [0.15, 0.2) is 52.8 Å². The van der Waals surface area contributed by atoms with E-state index >= 15 is 0 Å². The molecule has 8 heteroatoms. The summed E-state index contributed by atoms with van der Waals surface area (Å²) in [5.41, 5.74) is 4.67. The van der Waals surface area contributed by atoms with Crippen molar-refractivity contribution in [2.24, 2.45) is 4.99 Å². The van der Waals surface area contributed by atoms with E-state index < -0.39 is 0 Å². The van der Waals surface area contributed by atoms with Crippen LogP contribution in [0.2, 0.25) is 0 Å². The first-order chi connectivity index (χ1) is 14.6. The van der Waals surface area contributed by atoms with E-state index in [1.807, 2.05) is 24.0 Å². The van der Waals surface area contributed by atoms with Crippen molar-refractivity contribution >= 4 is 17.7 Å². The van der Waals surface area contributed by atoms with Crippen LogP contribution in [0.4, 0.5) is 5.69 Å². The van der Waals surface area contributed by atoms with Crippen LogP contribution in [0.1, 0.15) is 46.8 Å². The third-order valence-electron chi connectivity index (χ3n) is 5.50. The Balaban J connectivity index is 1.27. The van der Waals surface area contributed by atoms with Crippen LogP contribution in [-0.2, 0) is 11.3 Å². The highest BCUT2D eigenvalue weighted by Gasteiger charge is 2.31. The molecule has 0 aliphatic carbocycles. The lowest BCUT2D eigenvalue weighted by Crippen LogP contribution is -2.22. The monoisotopic (exact) mass is 403 g/mol. The number of aromatic hydroxyl groups is 1. The normalized spacial score (nSPS) is 20.6. The molecule has 0 saturated carbocycles. The summed E-state index contributed by atoms with van der Waals surface area (Å²) in [7, 11) is 0. The number of aromatic nitrogens is 3. The van der Waals surface area contributed by atoms with E-state index in [-0.39, 0.29) is 17.8 Å². The number of rotatable bonds is 4. The van der Waals surface area contributed by atoms with Crippen LogP contribution in [0.3, 0.4) is 0 Å². The van der Waals surface area contributed by atoms with Crippen molar-refractivity contribution in [3.63, 3.8) is 0 Å². The van der Waals surface area contributed by atoms with Crippen LogP contribution in [0.25, 0.3) is 5.70 Å². The number of pyridine rings is 1. The molecule has 2 aromatic heterocycles. The van der Waals surface area contributed by atoms with Crippen molar-refractivity contribution in [2.45, 2.75) is 31.9 Å². The van der Waals surface area contributed by atoms with Gasteiger partial charge in [0, 0.05) is 23.4 Å². The molecular weight excluding hydrogens is 382 g/mol. The number of phenolic OH excluding ortho intramolecular Hbond substituents is 1. The third-order valence-corrected chi connectivity index (χ3v) is 5.50. The lowest BCUT2D eigenvalue weighted by molar-refractivity contribution is 0.110. The first kappa shape index (κ1) is 18.5. The molecule has 1 saturated heterocycles. The van der Waals surface area contributed by atoms with Crippen molar-refractivity contribution in [2.75, 3.05) is 6.61 Å². The molecule has 2 aliphatic heterocycles. The van der Waals surface area contributed by atoms with Gasteiger partial charge in [-0.25, -0.2) is 4.99 Å². The maximum atomic E-state index is 9.46. The Morgan fingerprint density at radius 3 is 2.90 bits per heavy atom. The Bertz CT molecular complexity index is 1120. The minimum absolute atomic E-state index is 0.0420. The van der Waals surface area contributed by atoms with Gasteiger partial charge in [0.2, 0.25) is 5.89 Å². The first-order valence-corrected chi connectivity index (χ1v) is 9.76. The fourth-order valence-corrected chi connectivity index (χ4v) is 3.88. The topological polar surface area (TPSA) is 96.9 Å². The van der Waals surface area contributed by atoms with Crippen molar-refractivity contribution in [1.29, 1.82) is 0 Å². The standard InChI is InChI=1S/C22H21N5O3/c1-13-8-23-9-18-21(13)14(2)27(12-24-18)10-20-25-22(26-30-20)16-7-19(29-11-16)15-3-5-17(28)6-4-15/h3-6,8-9,12,16,19,28H,2,7,10-11H2,1H3/t16?,19-/m1/s1. The molecule has 152 valence electrons. The maximum absolute atomic E-state index is 9.46. The zero-order valence-corrected chi connectivity index (χ0v) is 16.5. The molecule has 3 aromatic rings. The van der Waals surface area contributed by atoms with Gasteiger partial charge in [0.15, 0.2) is 5.82 Å². The summed E-state index contributed by atoms with van der Waals surface area (Å²) >= 11 is 0. The minimum atomic E-state index is -0.0420. The number of phenols is 1. The second kappa shape index (κ2) is 7.38. The van der Waals surface area contributed by atoms with E-state index in [0.717, 1.165) is 34.5 Å². The van der Waals surface area contributed by atoms with Crippen LogP contribution in [0.5, 0.6) is 5.75 Å². The lowest BCUT2D eigenvalue weighted by atomic mass is 10.00. The molecule has 5 rings (SSSR count). The Morgan fingerprint density at radius 2 is 2.07 bits per heavy atom. The predicted octanol–water partition coefficient (Wildman–Crippen LogP) is 3.87. The molecule has 2 aliphatic rings. The van der Waals surface area contributed by atoms with E-state index in [2.05, 4.69) is 26.7 Å². The van der Waals surface area contributed by atoms with E-state index in [1.165, 1.54) is 0 Å². The average molecular weight is 403 g/mol. The molecule has 0 radical (unpaired) electrons. The van der Waals surface area contributed by atoms with Crippen LogP contribution in [0, 0.1) is 6.92 Å². The van der Waals surface area contributed by atoms with Gasteiger partial charge in [0.25, 0.3) is 0 Å². The van der Waals surface area contributed by atoms with Gasteiger partial charge in [-0.05, 0) is 36.6 Å². The number of aryl methyl sites for hydroxylation is 1. The van der Waals surface area contributed by atoms with Gasteiger partial charge in [-0.2, -0.15) is 4.98 Å². The lowest BCUT2D eigenvalue weighted by Gasteiger charge is -2.26. The average Bonchev–Trinajstić information content (AvgIpc) is 3.40. The summed E-state index contributed by atoms with van der Waals surface area (Å²) in [4.78, 5) is 15.1. The van der Waals surface area contributed by atoms with Gasteiger partial charge >= 0.3 is 0 Å². The van der Waals surface area contributed by atoms with Crippen molar-refractivity contribution in [1.82, 2.24) is 20.0 Å². The van der Waals surface area contributed by atoms with E-state index in [9.17, 15) is 5.11 Å². The number of benzene rings is 1. The summed E-state index contributed by atoms with van der Waals surface area (Å²) in [5.74, 6) is 1.45. The van der Waals surface area contributed by atoms with E-state index in [0.29, 0.717) is 24.9 Å². The highest BCUT2D eigenvalue weighted by molar-refractivity contribution is 5.87. The Hall–Kier alpha value is -3.52. The summed E-state index contributed by atoms with van der Waals surface area (Å²) in [6.07, 6.45) is 5.98. The zero-order valence-electron chi connectivity index (χ0n) is 16.5. The number of nitrogens with zero attached hydrogens (tertiary/aromatic N) is 5. The van der Waals surface area contributed by atoms with Gasteiger partial charge in [-0.3, -0.25) is 4.98 Å². The number of ether oxygens (including phenoxy) is 1. The van der Waals surface area contributed by atoms with E-state index in [1.54, 1.807) is 30.9 Å². The highest BCUT2D eigenvalue weighted by Crippen LogP contribution is 2.38. The van der Waals surface area contributed by atoms with Gasteiger partial charge in [0.05, 0.1) is 30.9 Å². The molecule has 30 heavy (non-hydrogen) atoms. The smallest absolute Gasteiger partial charge is 0.246 e. The molecule has 0 amide bonds. The van der Waals surface area contributed by atoms with Crippen LogP contribution < -0.4 is 0 Å². The molecule has 1 aromatic carbocycles. The molecular formula is C22H21N5O3. The van der Waals surface area contributed by atoms with Gasteiger partial charge in [0.1, 0.15) is 12.3 Å². The molecule has 1 N–H and O–H groups in total.